The molecule has 4 heterocycles. The lowest BCUT2D eigenvalue weighted by molar-refractivity contribution is 0.0949. The number of benzene rings is 4. The van der Waals surface area contributed by atoms with E-state index >= 15 is 4.39 Å². The summed E-state index contributed by atoms with van der Waals surface area (Å²) in [5, 5.41) is 4.71. The zero-order valence-corrected chi connectivity index (χ0v) is 23.9. The summed E-state index contributed by atoms with van der Waals surface area (Å²) in [6, 6.07) is 19.9. The van der Waals surface area contributed by atoms with E-state index < -0.39 is 22.8 Å². The van der Waals surface area contributed by atoms with Crippen molar-refractivity contribution in [1.82, 2.24) is 24.3 Å². The molecule has 9 nitrogen and oxygen atoms in total. The Hall–Kier alpha value is -5.22. The normalized spacial score (nSPS) is 16.0. The van der Waals surface area contributed by atoms with Crippen LogP contribution in [-0.2, 0) is 0 Å². The van der Waals surface area contributed by atoms with Crippen LogP contribution in [0.5, 0.6) is 11.5 Å². The van der Waals surface area contributed by atoms with Crippen molar-refractivity contribution in [2.75, 3.05) is 20.1 Å². The molecule has 2 aromatic heterocycles. The average Bonchev–Trinajstić information content (AvgIpc) is 3.58. The lowest BCUT2D eigenvalue weighted by Gasteiger charge is -2.26. The van der Waals surface area contributed by atoms with Crippen molar-refractivity contribution in [3.05, 3.63) is 105 Å². The zero-order valence-electron chi connectivity index (χ0n) is 23.9. The number of ether oxygens (including phenoxy) is 1. The van der Waals surface area contributed by atoms with Crippen molar-refractivity contribution < 1.29 is 13.9 Å². The van der Waals surface area contributed by atoms with E-state index in [0.29, 0.717) is 35.1 Å². The second-order valence-corrected chi connectivity index (χ2v) is 11.5. The van der Waals surface area contributed by atoms with Crippen LogP contribution in [0.15, 0.2) is 82.5 Å². The summed E-state index contributed by atoms with van der Waals surface area (Å²) in [6.45, 7) is 1.45. The minimum absolute atomic E-state index is 0.0166. The number of likely N-dealkylation sites (tertiary alicyclic amines) is 1. The van der Waals surface area contributed by atoms with Crippen molar-refractivity contribution in [1.29, 1.82) is 0 Å². The number of carbonyl (C=O) groups is 1. The molecule has 0 saturated carbocycles. The third-order valence-electron chi connectivity index (χ3n) is 8.96. The number of nitrogens with one attached hydrogen (secondary N) is 2. The number of aromatic amines is 1. The van der Waals surface area contributed by atoms with Gasteiger partial charge in [0.1, 0.15) is 16.8 Å². The molecular weight excluding hydrogens is 561 g/mol. The van der Waals surface area contributed by atoms with E-state index in [2.05, 4.69) is 22.2 Å². The number of H-pyrrole nitrogens is 1. The van der Waals surface area contributed by atoms with Gasteiger partial charge in [-0.2, -0.15) is 0 Å². The highest BCUT2D eigenvalue weighted by molar-refractivity contribution is 6.01. The van der Waals surface area contributed by atoms with Gasteiger partial charge in [0.05, 0.1) is 22.1 Å². The predicted molar refractivity (Wildman–Crippen MR) is 167 cm³/mol. The fraction of sp³-hybridized carbons (Fsp3) is 0.206. The van der Waals surface area contributed by atoms with Gasteiger partial charge < -0.3 is 24.5 Å². The van der Waals surface area contributed by atoms with Gasteiger partial charge in [-0.15, -0.1) is 0 Å². The van der Waals surface area contributed by atoms with E-state index in [0.717, 1.165) is 42.6 Å². The number of pyridine rings is 1. The number of amides is 1. The Morgan fingerprint density at radius 2 is 1.84 bits per heavy atom. The molecule has 2 N–H and O–H groups in total. The van der Waals surface area contributed by atoms with Crippen molar-refractivity contribution in [2.24, 2.45) is 0 Å². The number of hydrogen-bond donors (Lipinski definition) is 2. The maximum absolute atomic E-state index is 16.2. The summed E-state index contributed by atoms with van der Waals surface area (Å²) in [4.78, 5) is 45.6. The Balaban J connectivity index is 1.35. The number of hydrogen-bond acceptors (Lipinski definition) is 5. The van der Waals surface area contributed by atoms with E-state index in [4.69, 9.17) is 4.74 Å². The molecule has 1 atom stereocenters. The van der Waals surface area contributed by atoms with Crippen LogP contribution >= 0.6 is 0 Å². The van der Waals surface area contributed by atoms with Crippen LogP contribution in [0.2, 0.25) is 0 Å². The highest BCUT2D eigenvalue weighted by Crippen LogP contribution is 2.45. The molecule has 1 unspecified atom stereocenters. The molecule has 220 valence electrons. The minimum atomic E-state index is -0.825. The third kappa shape index (κ3) is 3.98. The van der Waals surface area contributed by atoms with Crippen LogP contribution in [-0.4, -0.2) is 51.1 Å². The van der Waals surface area contributed by atoms with Crippen LogP contribution in [0.25, 0.3) is 44.1 Å². The first-order valence-corrected chi connectivity index (χ1v) is 14.7. The summed E-state index contributed by atoms with van der Waals surface area (Å²) >= 11 is 0. The van der Waals surface area contributed by atoms with Gasteiger partial charge in [0.25, 0.3) is 5.91 Å². The first kappa shape index (κ1) is 26.4. The molecule has 10 heteroatoms. The van der Waals surface area contributed by atoms with Gasteiger partial charge in [-0.1, -0.05) is 36.4 Å². The predicted octanol–water partition coefficient (Wildman–Crippen LogP) is 5.24. The number of rotatable bonds is 5. The molecule has 0 radical (unpaired) electrons. The van der Waals surface area contributed by atoms with Gasteiger partial charge >= 0.3 is 5.69 Å². The summed E-state index contributed by atoms with van der Waals surface area (Å²) in [5.74, 6) is -0.928. The van der Waals surface area contributed by atoms with Gasteiger partial charge in [-0.25, -0.2) is 9.18 Å². The monoisotopic (exact) mass is 589 g/mol. The maximum Gasteiger partial charge on any atom is 0.331 e. The minimum Gasteiger partial charge on any atom is -0.451 e. The van der Waals surface area contributed by atoms with Crippen molar-refractivity contribution >= 4 is 38.6 Å². The Morgan fingerprint density at radius 1 is 1.07 bits per heavy atom. The summed E-state index contributed by atoms with van der Waals surface area (Å²) in [5.41, 5.74) is 0.467. The smallest absolute Gasteiger partial charge is 0.331 e. The molecule has 0 bridgehead atoms. The standard InChI is InChI=1S/C34H28FN5O4/c1-38-14-6-9-21(38)12-13-36-33(42)23-18-39-27-15-19-7-2-3-8-20(19)16-28(27)44-32-29(39)22(31(23)41)17-24(35)30(32)40-26-11-5-4-10-25(26)37-34(40)43/h2-5,7-8,10-11,15-18,21H,6,9,12-14H2,1H3,(H,36,42)(H,37,43). The molecule has 1 fully saturated rings. The Kier molecular flexibility index (Phi) is 5.95. The van der Waals surface area contributed by atoms with Gasteiger partial charge in [-0.05, 0) is 74.0 Å². The molecule has 1 saturated heterocycles. The van der Waals surface area contributed by atoms with Gasteiger partial charge in [0.2, 0.25) is 5.43 Å². The van der Waals surface area contributed by atoms with E-state index in [1.54, 1.807) is 28.8 Å². The van der Waals surface area contributed by atoms with Crippen LogP contribution in [0.4, 0.5) is 4.39 Å². The largest absolute Gasteiger partial charge is 0.451 e. The molecule has 4 aromatic carbocycles. The van der Waals surface area contributed by atoms with Crippen LogP contribution in [0.1, 0.15) is 29.6 Å². The SMILES string of the molecule is CN1CCCC1CCNC(=O)c1cn2c3c(c(-n4c(=O)[nH]c5ccccc54)c(F)cc3c1=O)Oc1cc3ccccc3cc1-2. The topological polar surface area (TPSA) is 101 Å². The molecule has 0 spiro atoms. The first-order chi connectivity index (χ1) is 21.4. The van der Waals surface area contributed by atoms with E-state index in [1.165, 1.54) is 10.8 Å². The van der Waals surface area contributed by atoms with Crippen molar-refractivity contribution in [2.45, 2.75) is 25.3 Å². The zero-order chi connectivity index (χ0) is 30.1. The number of halogens is 1. The highest BCUT2D eigenvalue weighted by Gasteiger charge is 2.31. The number of aromatic nitrogens is 3. The number of carbonyl (C=O) groups excluding carboxylic acids is 1. The van der Waals surface area contributed by atoms with E-state index in [1.807, 2.05) is 36.4 Å². The second kappa shape index (κ2) is 9.92. The van der Waals surface area contributed by atoms with Gasteiger partial charge in [0, 0.05) is 18.8 Å². The first-order valence-electron chi connectivity index (χ1n) is 14.7. The fourth-order valence-corrected chi connectivity index (χ4v) is 6.73. The Labute approximate surface area is 250 Å². The maximum atomic E-state index is 16.2. The lowest BCUT2D eigenvalue weighted by Crippen LogP contribution is -2.34. The number of para-hydroxylation sites is 2. The summed E-state index contributed by atoms with van der Waals surface area (Å²) in [7, 11) is 2.08. The molecule has 1 amide bonds. The molecule has 2 aliphatic heterocycles. The fourth-order valence-electron chi connectivity index (χ4n) is 6.73. The molecule has 8 rings (SSSR count). The van der Waals surface area contributed by atoms with Gasteiger partial charge in [0.15, 0.2) is 17.3 Å². The Morgan fingerprint density at radius 3 is 2.64 bits per heavy atom. The highest BCUT2D eigenvalue weighted by atomic mass is 19.1. The van der Waals surface area contributed by atoms with Gasteiger partial charge in [-0.3, -0.25) is 14.2 Å². The number of imidazole rings is 1. The molecule has 6 aromatic rings. The van der Waals surface area contributed by atoms with Crippen LogP contribution in [0, 0.1) is 5.82 Å². The average molecular weight is 590 g/mol. The van der Waals surface area contributed by atoms with E-state index in [-0.39, 0.29) is 27.9 Å². The molecule has 0 aliphatic carbocycles. The quantitative estimate of drug-likeness (QED) is 0.286. The summed E-state index contributed by atoms with van der Waals surface area (Å²) in [6.07, 6.45) is 4.47. The van der Waals surface area contributed by atoms with Crippen molar-refractivity contribution in [3.63, 3.8) is 0 Å². The lowest BCUT2D eigenvalue weighted by atomic mass is 10.0. The Bertz CT molecular complexity index is 2280. The number of nitrogens with zero attached hydrogens (tertiary/aromatic N) is 3. The van der Waals surface area contributed by atoms with E-state index in [9.17, 15) is 14.4 Å². The number of fused-ring (bicyclic) bond motifs is 4. The molecule has 2 aliphatic rings. The van der Waals surface area contributed by atoms with Crippen LogP contribution in [0.3, 0.4) is 0 Å². The molecule has 44 heavy (non-hydrogen) atoms. The second-order valence-electron chi connectivity index (χ2n) is 11.5. The summed E-state index contributed by atoms with van der Waals surface area (Å²) < 4.78 is 25.6. The van der Waals surface area contributed by atoms with Crippen LogP contribution < -0.4 is 21.2 Å². The van der Waals surface area contributed by atoms with Crippen molar-refractivity contribution in [3.8, 4) is 22.9 Å². The third-order valence-corrected chi connectivity index (χ3v) is 8.96. The molecular formula is C34H28FN5O4.